The topological polar surface area (TPSA) is 52.6 Å². The van der Waals surface area contributed by atoms with Crippen molar-refractivity contribution in [2.45, 2.75) is 0 Å². The van der Waals surface area contributed by atoms with Crippen LogP contribution in [0.2, 0.25) is 0 Å². The maximum absolute atomic E-state index is 12.3. The lowest BCUT2D eigenvalue weighted by Crippen LogP contribution is -2.09. The van der Waals surface area contributed by atoms with Crippen LogP contribution in [0.25, 0.3) is 6.08 Å². The van der Waals surface area contributed by atoms with Crippen LogP contribution in [0.5, 0.6) is 11.5 Å². The SMILES string of the molecule is COc1ccc(C=CC(=O)c2ccc(OC(=O)c3ccccc3Br)cc2)cc1. The lowest BCUT2D eigenvalue weighted by atomic mass is 10.1. The van der Waals surface area contributed by atoms with Gasteiger partial charge in [-0.1, -0.05) is 30.3 Å². The lowest BCUT2D eigenvalue weighted by Gasteiger charge is -2.06. The van der Waals surface area contributed by atoms with Crippen LogP contribution >= 0.6 is 15.9 Å². The molecule has 0 amide bonds. The molecule has 0 atom stereocenters. The molecule has 140 valence electrons. The van der Waals surface area contributed by atoms with Crippen molar-refractivity contribution < 1.29 is 19.1 Å². The van der Waals surface area contributed by atoms with Crippen molar-refractivity contribution in [1.82, 2.24) is 0 Å². The van der Waals surface area contributed by atoms with E-state index in [4.69, 9.17) is 9.47 Å². The molecule has 0 radical (unpaired) electrons. The van der Waals surface area contributed by atoms with Gasteiger partial charge in [-0.15, -0.1) is 0 Å². The third-order valence-corrected chi connectivity index (χ3v) is 4.68. The number of allylic oxidation sites excluding steroid dienone is 1. The zero-order chi connectivity index (χ0) is 19.9. The largest absolute Gasteiger partial charge is 0.497 e. The van der Waals surface area contributed by atoms with Gasteiger partial charge in [0, 0.05) is 10.0 Å². The van der Waals surface area contributed by atoms with Crippen molar-refractivity contribution in [3.05, 3.63) is 100 Å². The van der Waals surface area contributed by atoms with Crippen molar-refractivity contribution in [3.8, 4) is 11.5 Å². The third-order valence-electron chi connectivity index (χ3n) is 3.99. The van der Waals surface area contributed by atoms with Crippen LogP contribution in [0.3, 0.4) is 0 Å². The van der Waals surface area contributed by atoms with Crippen molar-refractivity contribution in [2.75, 3.05) is 7.11 Å². The summed E-state index contributed by atoms with van der Waals surface area (Å²) in [5.41, 5.74) is 1.84. The van der Waals surface area contributed by atoms with Gasteiger partial charge in [0.15, 0.2) is 5.78 Å². The fourth-order valence-corrected chi connectivity index (χ4v) is 2.91. The molecule has 0 heterocycles. The number of rotatable bonds is 6. The molecular formula is C23H17BrO4. The van der Waals surface area contributed by atoms with Crippen LogP contribution < -0.4 is 9.47 Å². The van der Waals surface area contributed by atoms with Gasteiger partial charge in [-0.2, -0.15) is 0 Å². The second-order valence-electron chi connectivity index (χ2n) is 5.86. The predicted octanol–water partition coefficient (Wildman–Crippen LogP) is 5.57. The Morgan fingerprint density at radius 1 is 0.857 bits per heavy atom. The summed E-state index contributed by atoms with van der Waals surface area (Å²) in [6.45, 7) is 0. The minimum Gasteiger partial charge on any atom is -0.497 e. The number of hydrogen-bond donors (Lipinski definition) is 0. The number of esters is 1. The second kappa shape index (κ2) is 9.15. The highest BCUT2D eigenvalue weighted by Gasteiger charge is 2.12. The van der Waals surface area contributed by atoms with E-state index in [1.807, 2.05) is 30.3 Å². The van der Waals surface area contributed by atoms with Gasteiger partial charge in [0.05, 0.1) is 12.7 Å². The van der Waals surface area contributed by atoms with Crippen LogP contribution in [-0.4, -0.2) is 18.9 Å². The first-order valence-electron chi connectivity index (χ1n) is 8.50. The molecule has 0 unspecified atom stereocenters. The number of hydrogen-bond acceptors (Lipinski definition) is 4. The van der Waals surface area contributed by atoms with E-state index in [1.165, 1.54) is 6.08 Å². The quantitative estimate of drug-likeness (QED) is 0.219. The zero-order valence-corrected chi connectivity index (χ0v) is 16.7. The summed E-state index contributed by atoms with van der Waals surface area (Å²) in [4.78, 5) is 24.5. The van der Waals surface area contributed by atoms with E-state index in [2.05, 4.69) is 15.9 Å². The molecule has 0 saturated carbocycles. The number of ketones is 1. The number of halogens is 1. The van der Waals surface area contributed by atoms with Crippen LogP contribution in [0.1, 0.15) is 26.3 Å². The normalized spacial score (nSPS) is 10.6. The molecule has 0 N–H and O–H groups in total. The maximum Gasteiger partial charge on any atom is 0.344 e. The van der Waals surface area contributed by atoms with Crippen molar-refractivity contribution in [1.29, 1.82) is 0 Å². The second-order valence-corrected chi connectivity index (χ2v) is 6.72. The summed E-state index contributed by atoms with van der Waals surface area (Å²) in [5.74, 6) is 0.526. The average Bonchev–Trinajstić information content (AvgIpc) is 2.73. The predicted molar refractivity (Wildman–Crippen MR) is 112 cm³/mol. The molecule has 4 nitrogen and oxygen atoms in total. The Morgan fingerprint density at radius 3 is 2.14 bits per heavy atom. The molecule has 0 saturated heterocycles. The van der Waals surface area contributed by atoms with Gasteiger partial charge in [-0.3, -0.25) is 4.79 Å². The molecule has 5 heteroatoms. The van der Waals surface area contributed by atoms with Gasteiger partial charge in [-0.05, 0) is 76.1 Å². The fraction of sp³-hybridized carbons (Fsp3) is 0.0435. The summed E-state index contributed by atoms with van der Waals surface area (Å²) >= 11 is 3.33. The molecule has 0 aliphatic carbocycles. The van der Waals surface area contributed by atoms with Crippen LogP contribution in [-0.2, 0) is 0 Å². The first-order chi connectivity index (χ1) is 13.6. The summed E-state index contributed by atoms with van der Waals surface area (Å²) in [7, 11) is 1.61. The number of carbonyl (C=O) groups is 2. The first-order valence-corrected chi connectivity index (χ1v) is 9.29. The Balaban J connectivity index is 1.64. The summed E-state index contributed by atoms with van der Waals surface area (Å²) in [5, 5.41) is 0. The molecule has 0 fully saturated rings. The van der Waals surface area contributed by atoms with E-state index in [1.54, 1.807) is 55.7 Å². The van der Waals surface area contributed by atoms with Gasteiger partial charge in [0.1, 0.15) is 11.5 Å². The standard InChI is InChI=1S/C23H17BrO4/c1-27-18-11-6-16(7-12-18)8-15-22(25)17-9-13-19(14-10-17)28-23(26)20-4-2-3-5-21(20)24/h2-15H,1H3. The van der Waals surface area contributed by atoms with E-state index in [0.717, 1.165) is 11.3 Å². The molecule has 0 aromatic heterocycles. The van der Waals surface area contributed by atoms with E-state index in [9.17, 15) is 9.59 Å². The number of methoxy groups -OCH3 is 1. The number of benzene rings is 3. The number of ether oxygens (including phenoxy) is 2. The smallest absolute Gasteiger partial charge is 0.344 e. The summed E-state index contributed by atoms with van der Waals surface area (Å²) in [6.07, 6.45) is 3.24. The highest BCUT2D eigenvalue weighted by Crippen LogP contribution is 2.20. The van der Waals surface area contributed by atoms with Gasteiger partial charge in [-0.25, -0.2) is 4.79 Å². The zero-order valence-electron chi connectivity index (χ0n) is 15.1. The van der Waals surface area contributed by atoms with Gasteiger partial charge in [0.25, 0.3) is 0 Å². The Bertz CT molecular complexity index is 1010. The molecule has 3 aromatic carbocycles. The van der Waals surface area contributed by atoms with Gasteiger partial charge < -0.3 is 9.47 Å². The minimum absolute atomic E-state index is 0.139. The summed E-state index contributed by atoms with van der Waals surface area (Å²) in [6, 6.07) is 20.9. The number of carbonyl (C=O) groups excluding carboxylic acids is 2. The molecule has 28 heavy (non-hydrogen) atoms. The highest BCUT2D eigenvalue weighted by atomic mass is 79.9. The van der Waals surface area contributed by atoms with Crippen molar-refractivity contribution in [3.63, 3.8) is 0 Å². The Labute approximate surface area is 171 Å². The van der Waals surface area contributed by atoms with E-state index < -0.39 is 5.97 Å². The molecule has 0 aliphatic rings. The summed E-state index contributed by atoms with van der Waals surface area (Å²) < 4.78 is 11.1. The van der Waals surface area contributed by atoms with Gasteiger partial charge >= 0.3 is 5.97 Å². The molecule has 3 rings (SSSR count). The molecule has 0 spiro atoms. The average molecular weight is 437 g/mol. The third kappa shape index (κ3) is 4.96. The van der Waals surface area contributed by atoms with Crippen LogP contribution in [0.15, 0.2) is 83.3 Å². The minimum atomic E-state index is -0.467. The van der Waals surface area contributed by atoms with Gasteiger partial charge in [0.2, 0.25) is 0 Å². The Kier molecular flexibility index (Phi) is 6.40. The molecule has 3 aromatic rings. The van der Waals surface area contributed by atoms with E-state index in [0.29, 0.717) is 21.3 Å². The van der Waals surface area contributed by atoms with Crippen LogP contribution in [0, 0.1) is 0 Å². The van der Waals surface area contributed by atoms with E-state index >= 15 is 0 Å². The molecular weight excluding hydrogens is 420 g/mol. The monoisotopic (exact) mass is 436 g/mol. The van der Waals surface area contributed by atoms with Crippen molar-refractivity contribution in [2.24, 2.45) is 0 Å². The van der Waals surface area contributed by atoms with E-state index in [-0.39, 0.29) is 5.78 Å². The maximum atomic E-state index is 12.3. The Morgan fingerprint density at radius 2 is 1.50 bits per heavy atom. The van der Waals surface area contributed by atoms with Crippen LogP contribution in [0.4, 0.5) is 0 Å². The van der Waals surface area contributed by atoms with Crippen molar-refractivity contribution >= 4 is 33.8 Å². The highest BCUT2D eigenvalue weighted by molar-refractivity contribution is 9.10. The molecule has 0 bridgehead atoms. The Hall–Kier alpha value is -3.18. The first kappa shape index (κ1) is 19.6. The lowest BCUT2D eigenvalue weighted by molar-refractivity contribution is 0.0733. The molecule has 0 aliphatic heterocycles. The fourth-order valence-electron chi connectivity index (χ4n) is 2.46.